The van der Waals surface area contributed by atoms with Crippen LogP contribution in [0, 0.1) is 13.5 Å². The van der Waals surface area contributed by atoms with E-state index in [1.807, 2.05) is 6.92 Å². The van der Waals surface area contributed by atoms with Crippen LogP contribution in [0.2, 0.25) is 0 Å². The van der Waals surface area contributed by atoms with Crippen molar-refractivity contribution in [1.82, 2.24) is 0 Å². The molecule has 152 valence electrons. The lowest BCUT2D eigenvalue weighted by atomic mass is 9.98. The van der Waals surface area contributed by atoms with Gasteiger partial charge in [-0.05, 0) is 31.2 Å². The van der Waals surface area contributed by atoms with Crippen molar-refractivity contribution in [2.24, 2.45) is 0 Å². The van der Waals surface area contributed by atoms with Gasteiger partial charge in [-0.1, -0.05) is 23.8 Å². The molecule has 1 amide bonds. The van der Waals surface area contributed by atoms with Gasteiger partial charge in [-0.25, -0.2) is 4.85 Å². The molecular weight excluding hydrogens is 389 g/mol. The number of nitrogens with zero attached hydrogens (tertiary/aromatic N) is 1. The molecular formula is C20H17F3N2O4. The Morgan fingerprint density at radius 1 is 1.31 bits per heavy atom. The summed E-state index contributed by atoms with van der Waals surface area (Å²) in [6.07, 6.45) is -5.81. The maximum absolute atomic E-state index is 13.1. The molecule has 1 heterocycles. The normalized spacial score (nSPS) is 21.4. The Labute approximate surface area is 164 Å². The zero-order chi connectivity index (χ0) is 21.2. The predicted octanol–water partition coefficient (Wildman–Crippen LogP) is 3.71. The zero-order valence-corrected chi connectivity index (χ0v) is 15.3. The average molecular weight is 406 g/mol. The summed E-state index contributed by atoms with van der Waals surface area (Å²) in [5.74, 6) is -0.547. The number of ether oxygens (including phenoxy) is 2. The van der Waals surface area contributed by atoms with E-state index in [9.17, 15) is 23.1 Å². The Hall–Kier alpha value is -3.09. The van der Waals surface area contributed by atoms with Gasteiger partial charge in [0.25, 0.3) is 5.91 Å². The van der Waals surface area contributed by atoms with Crippen molar-refractivity contribution in [2.75, 3.05) is 18.5 Å². The van der Waals surface area contributed by atoms with Gasteiger partial charge in [-0.15, -0.1) is 0 Å². The van der Waals surface area contributed by atoms with Crippen LogP contribution in [0.1, 0.15) is 11.1 Å². The van der Waals surface area contributed by atoms with Gasteiger partial charge >= 0.3 is 6.18 Å². The minimum atomic E-state index is -4.76. The lowest BCUT2D eigenvalue weighted by Crippen LogP contribution is -2.54. The van der Waals surface area contributed by atoms with Gasteiger partial charge in [-0.3, -0.25) is 4.79 Å². The molecule has 2 aromatic rings. The highest BCUT2D eigenvalue weighted by atomic mass is 19.4. The Morgan fingerprint density at radius 2 is 2.00 bits per heavy atom. The predicted molar refractivity (Wildman–Crippen MR) is 97.7 cm³/mol. The number of carbonyl (C=O) groups excluding carboxylic acids is 1. The second-order valence-corrected chi connectivity index (χ2v) is 6.65. The van der Waals surface area contributed by atoms with Crippen LogP contribution in [-0.4, -0.2) is 35.9 Å². The highest BCUT2D eigenvalue weighted by molar-refractivity contribution is 5.98. The first-order valence-corrected chi connectivity index (χ1v) is 8.57. The summed E-state index contributed by atoms with van der Waals surface area (Å²) >= 11 is 0. The van der Waals surface area contributed by atoms with Crippen LogP contribution in [0.5, 0.6) is 5.75 Å². The van der Waals surface area contributed by atoms with Crippen LogP contribution in [-0.2, 0) is 15.7 Å². The van der Waals surface area contributed by atoms with Gasteiger partial charge in [0.15, 0.2) is 11.8 Å². The molecule has 0 spiro atoms. The molecule has 2 atom stereocenters. The smallest absolute Gasteiger partial charge is 0.407 e. The van der Waals surface area contributed by atoms with Crippen LogP contribution < -0.4 is 10.1 Å². The van der Waals surface area contributed by atoms with E-state index < -0.39 is 35.0 Å². The van der Waals surface area contributed by atoms with Crippen molar-refractivity contribution < 1.29 is 32.5 Å². The first-order chi connectivity index (χ1) is 13.6. The Balaban J connectivity index is 1.80. The molecule has 0 bridgehead atoms. The Bertz CT molecular complexity index is 954. The number of alkyl halides is 3. The standard InChI is InChI=1S/C20H17F3N2O4/c1-12-3-6-14(7-4-12)29-17-10-28-11-19(17,27)18(26)25-13-5-8-16(24-2)15(9-13)20(21,22)23/h3-9,17,27H,10-11H2,1H3,(H,25,26). The first kappa shape index (κ1) is 20.6. The summed E-state index contributed by atoms with van der Waals surface area (Å²) in [4.78, 5) is 15.5. The van der Waals surface area contributed by atoms with Crippen LogP contribution in [0.4, 0.5) is 24.5 Å². The Morgan fingerprint density at radius 3 is 2.62 bits per heavy atom. The van der Waals surface area contributed by atoms with Crippen molar-refractivity contribution in [3.63, 3.8) is 0 Å². The van der Waals surface area contributed by atoms with E-state index in [-0.39, 0.29) is 18.9 Å². The van der Waals surface area contributed by atoms with Crippen molar-refractivity contribution in [3.05, 3.63) is 65.0 Å². The molecule has 0 aliphatic carbocycles. The van der Waals surface area contributed by atoms with Gasteiger partial charge < -0.3 is 19.9 Å². The minimum absolute atomic E-state index is 0.0672. The SMILES string of the molecule is [C-]#[N+]c1ccc(NC(=O)C2(O)COCC2Oc2ccc(C)cc2)cc1C(F)(F)F. The molecule has 2 aromatic carbocycles. The summed E-state index contributed by atoms with van der Waals surface area (Å²) in [7, 11) is 0. The number of aliphatic hydroxyl groups is 1. The highest BCUT2D eigenvalue weighted by Crippen LogP contribution is 2.38. The van der Waals surface area contributed by atoms with E-state index in [1.54, 1.807) is 24.3 Å². The fraction of sp³-hybridized carbons (Fsp3) is 0.300. The number of nitrogens with one attached hydrogen (secondary N) is 1. The number of anilines is 1. The average Bonchev–Trinajstić information content (AvgIpc) is 3.04. The molecule has 2 N–H and O–H groups in total. The third-order valence-corrected chi connectivity index (χ3v) is 4.50. The number of hydrogen-bond acceptors (Lipinski definition) is 4. The minimum Gasteiger partial charge on any atom is -0.484 e. The second kappa shape index (κ2) is 7.73. The molecule has 0 radical (unpaired) electrons. The second-order valence-electron chi connectivity index (χ2n) is 6.65. The van der Waals surface area contributed by atoms with E-state index in [4.69, 9.17) is 16.0 Å². The molecule has 2 unspecified atom stereocenters. The summed E-state index contributed by atoms with van der Waals surface area (Å²) in [5, 5.41) is 13.1. The van der Waals surface area contributed by atoms with E-state index in [1.165, 1.54) is 0 Å². The molecule has 9 heteroatoms. The number of aryl methyl sites for hydroxylation is 1. The summed E-state index contributed by atoms with van der Waals surface area (Å²) in [6.45, 7) is 8.30. The molecule has 6 nitrogen and oxygen atoms in total. The van der Waals surface area contributed by atoms with Crippen molar-refractivity contribution in [3.8, 4) is 5.75 Å². The van der Waals surface area contributed by atoms with Crippen LogP contribution >= 0.6 is 0 Å². The molecule has 3 rings (SSSR count). The third-order valence-electron chi connectivity index (χ3n) is 4.50. The first-order valence-electron chi connectivity index (χ1n) is 8.57. The number of hydrogen-bond donors (Lipinski definition) is 2. The number of benzene rings is 2. The van der Waals surface area contributed by atoms with Crippen LogP contribution in [0.3, 0.4) is 0 Å². The molecule has 0 aromatic heterocycles. The monoisotopic (exact) mass is 406 g/mol. The van der Waals surface area contributed by atoms with Gasteiger partial charge in [-0.2, -0.15) is 13.2 Å². The zero-order valence-electron chi connectivity index (χ0n) is 15.3. The molecule has 1 saturated heterocycles. The van der Waals surface area contributed by atoms with E-state index in [0.717, 1.165) is 17.7 Å². The van der Waals surface area contributed by atoms with Gasteiger partial charge in [0.05, 0.1) is 25.3 Å². The van der Waals surface area contributed by atoms with Gasteiger partial charge in [0.1, 0.15) is 5.75 Å². The topological polar surface area (TPSA) is 72.2 Å². The fourth-order valence-electron chi connectivity index (χ4n) is 2.85. The number of carbonyl (C=O) groups is 1. The third kappa shape index (κ3) is 4.34. The van der Waals surface area contributed by atoms with E-state index >= 15 is 0 Å². The molecule has 1 fully saturated rings. The Kier molecular flexibility index (Phi) is 5.50. The van der Waals surface area contributed by atoms with E-state index in [2.05, 4.69) is 10.2 Å². The molecule has 29 heavy (non-hydrogen) atoms. The lowest BCUT2D eigenvalue weighted by molar-refractivity contribution is -0.140. The van der Waals surface area contributed by atoms with Crippen LogP contribution in [0.15, 0.2) is 42.5 Å². The molecule has 1 aliphatic rings. The highest BCUT2D eigenvalue weighted by Gasteiger charge is 2.51. The summed E-state index contributed by atoms with van der Waals surface area (Å²) in [6, 6.07) is 9.70. The van der Waals surface area contributed by atoms with E-state index in [0.29, 0.717) is 11.8 Å². The van der Waals surface area contributed by atoms with Crippen LogP contribution in [0.25, 0.3) is 4.85 Å². The van der Waals surface area contributed by atoms with Crippen molar-refractivity contribution in [2.45, 2.75) is 24.8 Å². The number of rotatable bonds is 4. The van der Waals surface area contributed by atoms with Crippen molar-refractivity contribution in [1.29, 1.82) is 0 Å². The summed E-state index contributed by atoms with van der Waals surface area (Å²) in [5.41, 5.74) is -3.06. The largest absolute Gasteiger partial charge is 0.484 e. The van der Waals surface area contributed by atoms with Crippen molar-refractivity contribution >= 4 is 17.3 Å². The maximum atomic E-state index is 13.1. The number of halogens is 3. The maximum Gasteiger partial charge on any atom is 0.407 e. The summed E-state index contributed by atoms with van der Waals surface area (Å²) < 4.78 is 50.2. The molecule has 1 aliphatic heterocycles. The quantitative estimate of drug-likeness (QED) is 0.760. The lowest BCUT2D eigenvalue weighted by Gasteiger charge is -2.27. The number of amides is 1. The van der Waals surface area contributed by atoms with Gasteiger partial charge in [0.2, 0.25) is 5.60 Å². The van der Waals surface area contributed by atoms with Gasteiger partial charge in [0, 0.05) is 5.69 Å². The molecule has 0 saturated carbocycles. The fourth-order valence-corrected chi connectivity index (χ4v) is 2.85.